The zero-order valence-corrected chi connectivity index (χ0v) is 12.9. The number of hydrogen-bond donors (Lipinski definition) is 1. The summed E-state index contributed by atoms with van der Waals surface area (Å²) in [4.78, 5) is 26.1. The standard InChI is InChI=1S/C15H23N3O3/c1-4-10(2)15(20)18(8-12-5-6-12)9-14(19)16-13-7-11(3)21-17-13/h7,10,12H,4-6,8-9H2,1-3H3,(H,16,17,19). The smallest absolute Gasteiger partial charge is 0.245 e. The maximum Gasteiger partial charge on any atom is 0.245 e. The lowest BCUT2D eigenvalue weighted by atomic mass is 10.1. The molecule has 0 spiro atoms. The van der Waals surface area contributed by atoms with Gasteiger partial charge in [-0.05, 0) is 32.1 Å². The van der Waals surface area contributed by atoms with Crippen LogP contribution in [0.25, 0.3) is 0 Å². The summed E-state index contributed by atoms with van der Waals surface area (Å²) in [5.74, 6) is 1.35. The fraction of sp³-hybridized carbons (Fsp3) is 0.667. The lowest BCUT2D eigenvalue weighted by Crippen LogP contribution is -2.41. The van der Waals surface area contributed by atoms with Gasteiger partial charge in [0.05, 0.1) is 6.54 Å². The van der Waals surface area contributed by atoms with Gasteiger partial charge in [0.1, 0.15) is 5.76 Å². The molecule has 0 aromatic carbocycles. The molecule has 116 valence electrons. The Hall–Kier alpha value is -1.85. The maximum atomic E-state index is 12.3. The third kappa shape index (κ3) is 4.58. The predicted molar refractivity (Wildman–Crippen MR) is 78.6 cm³/mol. The van der Waals surface area contributed by atoms with Gasteiger partial charge in [0.2, 0.25) is 11.8 Å². The minimum absolute atomic E-state index is 0.0501. The molecule has 1 saturated carbocycles. The summed E-state index contributed by atoms with van der Waals surface area (Å²) >= 11 is 0. The Kier molecular flexibility index (Phi) is 4.98. The van der Waals surface area contributed by atoms with Gasteiger partial charge in [-0.15, -0.1) is 0 Å². The summed E-state index contributed by atoms with van der Waals surface area (Å²) < 4.78 is 4.90. The average molecular weight is 293 g/mol. The molecule has 1 atom stereocenters. The molecule has 0 aliphatic heterocycles. The molecule has 2 amide bonds. The van der Waals surface area contributed by atoms with Crippen molar-refractivity contribution in [2.24, 2.45) is 11.8 Å². The van der Waals surface area contributed by atoms with E-state index >= 15 is 0 Å². The first-order valence-corrected chi connectivity index (χ1v) is 7.51. The van der Waals surface area contributed by atoms with Crippen LogP contribution < -0.4 is 5.32 Å². The number of aryl methyl sites for hydroxylation is 1. The monoisotopic (exact) mass is 293 g/mol. The maximum absolute atomic E-state index is 12.3. The zero-order chi connectivity index (χ0) is 15.4. The molecule has 1 unspecified atom stereocenters. The van der Waals surface area contributed by atoms with Crippen molar-refractivity contribution in [2.45, 2.75) is 40.0 Å². The van der Waals surface area contributed by atoms with E-state index < -0.39 is 0 Å². The third-order valence-corrected chi connectivity index (χ3v) is 3.75. The van der Waals surface area contributed by atoms with Gasteiger partial charge < -0.3 is 14.7 Å². The molecule has 1 aliphatic rings. The Morgan fingerprint density at radius 3 is 2.76 bits per heavy atom. The Labute approximate surface area is 124 Å². The largest absolute Gasteiger partial charge is 0.360 e. The fourth-order valence-electron chi connectivity index (χ4n) is 2.11. The van der Waals surface area contributed by atoms with Crippen molar-refractivity contribution in [1.82, 2.24) is 10.1 Å². The highest BCUT2D eigenvalue weighted by molar-refractivity contribution is 5.94. The van der Waals surface area contributed by atoms with Crippen molar-refractivity contribution in [3.05, 3.63) is 11.8 Å². The second kappa shape index (κ2) is 6.74. The molecule has 1 aromatic rings. The van der Waals surface area contributed by atoms with Gasteiger partial charge in [0, 0.05) is 18.5 Å². The van der Waals surface area contributed by atoms with Crippen molar-refractivity contribution in [3.63, 3.8) is 0 Å². The Morgan fingerprint density at radius 2 is 2.24 bits per heavy atom. The van der Waals surface area contributed by atoms with Crippen LogP contribution in [0.5, 0.6) is 0 Å². The van der Waals surface area contributed by atoms with E-state index in [1.807, 2.05) is 13.8 Å². The van der Waals surface area contributed by atoms with E-state index in [1.165, 1.54) is 0 Å². The quantitative estimate of drug-likeness (QED) is 0.836. The van der Waals surface area contributed by atoms with E-state index in [-0.39, 0.29) is 24.3 Å². The van der Waals surface area contributed by atoms with Crippen LogP contribution in [0.3, 0.4) is 0 Å². The van der Waals surface area contributed by atoms with E-state index in [1.54, 1.807) is 17.9 Å². The molecule has 6 heteroatoms. The van der Waals surface area contributed by atoms with Gasteiger partial charge in [0.25, 0.3) is 0 Å². The zero-order valence-electron chi connectivity index (χ0n) is 12.9. The second-order valence-corrected chi connectivity index (χ2v) is 5.84. The molecule has 1 aromatic heterocycles. The molecular formula is C15H23N3O3. The summed E-state index contributed by atoms with van der Waals surface area (Å²) in [7, 11) is 0. The van der Waals surface area contributed by atoms with Crippen LogP contribution in [0.1, 0.15) is 38.9 Å². The molecule has 0 bridgehead atoms. The summed E-state index contributed by atoms with van der Waals surface area (Å²) in [6, 6.07) is 1.65. The molecule has 1 fully saturated rings. The first-order chi connectivity index (χ1) is 9.99. The minimum Gasteiger partial charge on any atom is -0.360 e. The normalized spacial score (nSPS) is 15.6. The van der Waals surface area contributed by atoms with Crippen molar-refractivity contribution in [2.75, 3.05) is 18.4 Å². The second-order valence-electron chi connectivity index (χ2n) is 5.84. The highest BCUT2D eigenvalue weighted by atomic mass is 16.5. The number of hydrogen-bond acceptors (Lipinski definition) is 4. The van der Waals surface area contributed by atoms with Crippen molar-refractivity contribution < 1.29 is 14.1 Å². The third-order valence-electron chi connectivity index (χ3n) is 3.75. The number of carbonyl (C=O) groups is 2. The molecule has 1 N–H and O–H groups in total. The summed E-state index contributed by atoms with van der Waals surface area (Å²) in [5.41, 5.74) is 0. The Bertz CT molecular complexity index is 508. The molecule has 6 nitrogen and oxygen atoms in total. The first-order valence-electron chi connectivity index (χ1n) is 7.51. The van der Waals surface area contributed by atoms with Crippen LogP contribution >= 0.6 is 0 Å². The van der Waals surface area contributed by atoms with E-state index in [0.29, 0.717) is 24.0 Å². The van der Waals surface area contributed by atoms with Gasteiger partial charge in [-0.2, -0.15) is 0 Å². The lowest BCUT2D eigenvalue weighted by Gasteiger charge is -2.24. The van der Waals surface area contributed by atoms with Crippen LogP contribution in [-0.4, -0.2) is 35.0 Å². The lowest BCUT2D eigenvalue weighted by molar-refractivity contribution is -0.138. The highest BCUT2D eigenvalue weighted by Crippen LogP contribution is 2.30. The number of rotatable bonds is 7. The Morgan fingerprint density at radius 1 is 1.52 bits per heavy atom. The van der Waals surface area contributed by atoms with Crippen LogP contribution in [0.15, 0.2) is 10.6 Å². The van der Waals surface area contributed by atoms with Crippen molar-refractivity contribution >= 4 is 17.6 Å². The molecule has 1 aliphatic carbocycles. The SMILES string of the molecule is CCC(C)C(=O)N(CC(=O)Nc1cc(C)on1)CC1CC1. The molecule has 2 rings (SSSR count). The number of aromatic nitrogens is 1. The molecule has 1 heterocycles. The predicted octanol–water partition coefficient (Wildman–Crippen LogP) is 2.21. The van der Waals surface area contributed by atoms with E-state index in [0.717, 1.165) is 19.3 Å². The summed E-state index contributed by atoms with van der Waals surface area (Å²) in [6.07, 6.45) is 3.08. The first kappa shape index (κ1) is 15.5. The number of carbonyl (C=O) groups excluding carboxylic acids is 2. The van der Waals surface area contributed by atoms with Crippen molar-refractivity contribution in [3.8, 4) is 0 Å². The van der Waals surface area contributed by atoms with Gasteiger partial charge in [-0.1, -0.05) is 19.0 Å². The molecule has 0 saturated heterocycles. The van der Waals surface area contributed by atoms with Gasteiger partial charge in [-0.3, -0.25) is 9.59 Å². The van der Waals surface area contributed by atoms with Crippen LogP contribution in [0, 0.1) is 18.8 Å². The van der Waals surface area contributed by atoms with Gasteiger partial charge >= 0.3 is 0 Å². The van der Waals surface area contributed by atoms with Crippen LogP contribution in [0.2, 0.25) is 0 Å². The molecule has 21 heavy (non-hydrogen) atoms. The topological polar surface area (TPSA) is 75.4 Å². The minimum atomic E-state index is -0.236. The van der Waals surface area contributed by atoms with E-state index in [9.17, 15) is 9.59 Å². The van der Waals surface area contributed by atoms with E-state index in [4.69, 9.17) is 4.52 Å². The number of anilines is 1. The fourth-order valence-corrected chi connectivity index (χ4v) is 2.11. The molecular weight excluding hydrogens is 270 g/mol. The summed E-state index contributed by atoms with van der Waals surface area (Å²) in [6.45, 7) is 6.39. The number of nitrogens with one attached hydrogen (secondary N) is 1. The molecule has 0 radical (unpaired) electrons. The highest BCUT2D eigenvalue weighted by Gasteiger charge is 2.29. The number of nitrogens with zero attached hydrogens (tertiary/aromatic N) is 2. The summed E-state index contributed by atoms with van der Waals surface area (Å²) in [5, 5.41) is 6.38. The Balaban J connectivity index is 1.93. The van der Waals surface area contributed by atoms with Gasteiger partial charge in [-0.25, -0.2) is 0 Å². The number of amides is 2. The van der Waals surface area contributed by atoms with Crippen molar-refractivity contribution in [1.29, 1.82) is 0 Å². The van der Waals surface area contributed by atoms with Gasteiger partial charge in [0.15, 0.2) is 5.82 Å². The average Bonchev–Trinajstić information content (AvgIpc) is 3.18. The van der Waals surface area contributed by atoms with Crippen LogP contribution in [0.4, 0.5) is 5.82 Å². The van der Waals surface area contributed by atoms with E-state index in [2.05, 4.69) is 10.5 Å². The van der Waals surface area contributed by atoms with Crippen LogP contribution in [-0.2, 0) is 9.59 Å².